The Kier molecular flexibility index (Phi) is 5.74. The van der Waals surface area contributed by atoms with Crippen molar-refractivity contribution in [2.24, 2.45) is 4.99 Å². The first-order valence-corrected chi connectivity index (χ1v) is 7.91. The Morgan fingerprint density at radius 1 is 1.48 bits per heavy atom. The van der Waals surface area contributed by atoms with Crippen LogP contribution in [0.5, 0.6) is 0 Å². The maximum absolute atomic E-state index is 5.06. The molecule has 1 unspecified atom stereocenters. The van der Waals surface area contributed by atoms with Crippen LogP contribution in [0.4, 0.5) is 0 Å². The standard InChI is InChI=1S/C14H21N5OS/c1-4-15-14(17-9-13-18-11(3)19-20-13)16-8-10(2)12-6-5-7-21-12/h5-7,10H,4,8-9H2,1-3H3,(H2,15,16,17). The first kappa shape index (κ1) is 15.5. The molecule has 0 aliphatic carbocycles. The number of thiophene rings is 1. The summed E-state index contributed by atoms with van der Waals surface area (Å²) >= 11 is 1.78. The third kappa shape index (κ3) is 4.86. The Morgan fingerprint density at radius 3 is 2.95 bits per heavy atom. The molecule has 1 atom stereocenters. The minimum atomic E-state index is 0.379. The van der Waals surface area contributed by atoms with Gasteiger partial charge in [-0.1, -0.05) is 18.1 Å². The summed E-state index contributed by atoms with van der Waals surface area (Å²) in [6, 6.07) is 4.23. The highest BCUT2D eigenvalue weighted by Gasteiger charge is 2.08. The number of aliphatic imine (C=N–C) groups is 1. The molecule has 0 aromatic carbocycles. The first-order chi connectivity index (χ1) is 10.2. The number of aromatic nitrogens is 2. The molecule has 6 nitrogen and oxygen atoms in total. The van der Waals surface area contributed by atoms with Gasteiger partial charge < -0.3 is 15.2 Å². The lowest BCUT2D eigenvalue weighted by Crippen LogP contribution is -2.39. The van der Waals surface area contributed by atoms with Crippen LogP contribution in [0.15, 0.2) is 27.0 Å². The van der Waals surface area contributed by atoms with Gasteiger partial charge in [-0.2, -0.15) is 4.98 Å². The maximum atomic E-state index is 5.06. The molecule has 114 valence electrons. The zero-order chi connectivity index (χ0) is 15.1. The Hall–Kier alpha value is -1.89. The third-order valence-corrected chi connectivity index (χ3v) is 3.99. The van der Waals surface area contributed by atoms with E-state index in [0.717, 1.165) is 19.0 Å². The van der Waals surface area contributed by atoms with Gasteiger partial charge in [0.1, 0.15) is 6.54 Å². The quantitative estimate of drug-likeness (QED) is 0.632. The van der Waals surface area contributed by atoms with Crippen molar-refractivity contribution in [3.63, 3.8) is 0 Å². The van der Waals surface area contributed by atoms with E-state index >= 15 is 0 Å². The lowest BCUT2D eigenvalue weighted by Gasteiger charge is -2.14. The van der Waals surface area contributed by atoms with Crippen LogP contribution in [0.25, 0.3) is 0 Å². The monoisotopic (exact) mass is 307 g/mol. The first-order valence-electron chi connectivity index (χ1n) is 7.03. The molecule has 2 aromatic rings. The zero-order valence-corrected chi connectivity index (χ0v) is 13.4. The normalized spacial score (nSPS) is 13.2. The van der Waals surface area contributed by atoms with Crippen molar-refractivity contribution in [3.05, 3.63) is 34.1 Å². The van der Waals surface area contributed by atoms with Crippen molar-refractivity contribution in [2.75, 3.05) is 13.1 Å². The molecule has 0 saturated heterocycles. The molecule has 0 aliphatic rings. The summed E-state index contributed by atoms with van der Waals surface area (Å²) in [5.74, 6) is 2.36. The zero-order valence-electron chi connectivity index (χ0n) is 12.6. The number of nitrogens with zero attached hydrogens (tertiary/aromatic N) is 3. The summed E-state index contributed by atoms with van der Waals surface area (Å²) in [6.45, 7) is 8.05. The Balaban J connectivity index is 1.89. The van der Waals surface area contributed by atoms with E-state index in [1.54, 1.807) is 18.3 Å². The SMILES string of the molecule is CCNC(=NCc1nc(C)no1)NCC(C)c1cccs1. The number of guanidine groups is 1. The van der Waals surface area contributed by atoms with Crippen molar-refractivity contribution in [1.29, 1.82) is 0 Å². The lowest BCUT2D eigenvalue weighted by atomic mass is 10.1. The molecule has 0 amide bonds. The van der Waals surface area contributed by atoms with E-state index in [9.17, 15) is 0 Å². The summed E-state index contributed by atoms with van der Waals surface area (Å²) in [6.07, 6.45) is 0. The fraction of sp³-hybridized carbons (Fsp3) is 0.500. The highest BCUT2D eigenvalue weighted by atomic mass is 32.1. The second-order valence-corrected chi connectivity index (χ2v) is 5.71. The maximum Gasteiger partial charge on any atom is 0.248 e. The van der Waals surface area contributed by atoms with E-state index in [0.29, 0.717) is 24.2 Å². The molecule has 0 bridgehead atoms. The molecule has 2 rings (SSSR count). The Morgan fingerprint density at radius 2 is 2.33 bits per heavy atom. The van der Waals surface area contributed by atoms with Crippen LogP contribution in [-0.2, 0) is 6.54 Å². The van der Waals surface area contributed by atoms with Gasteiger partial charge in [0.25, 0.3) is 0 Å². The smallest absolute Gasteiger partial charge is 0.248 e. The second-order valence-electron chi connectivity index (χ2n) is 4.73. The van der Waals surface area contributed by atoms with E-state index in [1.165, 1.54) is 4.88 Å². The molecule has 2 aromatic heterocycles. The van der Waals surface area contributed by atoms with Gasteiger partial charge >= 0.3 is 0 Å². The number of nitrogens with one attached hydrogen (secondary N) is 2. The predicted octanol–water partition coefficient (Wildman–Crippen LogP) is 2.30. The number of aryl methyl sites for hydroxylation is 1. The second kappa shape index (κ2) is 7.78. The Bertz CT molecular complexity index is 564. The Labute approximate surface area is 128 Å². The predicted molar refractivity (Wildman–Crippen MR) is 84.6 cm³/mol. The molecule has 2 N–H and O–H groups in total. The van der Waals surface area contributed by atoms with Crippen molar-refractivity contribution in [2.45, 2.75) is 33.2 Å². The van der Waals surface area contributed by atoms with Crippen LogP contribution >= 0.6 is 11.3 Å². The highest BCUT2D eigenvalue weighted by Crippen LogP contribution is 2.19. The van der Waals surface area contributed by atoms with E-state index in [2.05, 4.69) is 50.2 Å². The summed E-state index contributed by atoms with van der Waals surface area (Å²) in [5, 5.41) is 12.4. The van der Waals surface area contributed by atoms with Gasteiger partial charge in [-0.05, 0) is 25.3 Å². The van der Waals surface area contributed by atoms with Gasteiger partial charge in [-0.3, -0.25) is 0 Å². The molecule has 0 fully saturated rings. The fourth-order valence-electron chi connectivity index (χ4n) is 1.81. The highest BCUT2D eigenvalue weighted by molar-refractivity contribution is 7.10. The summed E-state index contributed by atoms with van der Waals surface area (Å²) in [4.78, 5) is 9.96. The molecular formula is C14H21N5OS. The van der Waals surface area contributed by atoms with Crippen LogP contribution < -0.4 is 10.6 Å². The van der Waals surface area contributed by atoms with Crippen molar-refractivity contribution in [3.8, 4) is 0 Å². The van der Waals surface area contributed by atoms with E-state index in [-0.39, 0.29) is 0 Å². The van der Waals surface area contributed by atoms with Crippen molar-refractivity contribution >= 4 is 17.3 Å². The molecule has 0 aliphatic heterocycles. The molecular weight excluding hydrogens is 286 g/mol. The van der Waals surface area contributed by atoms with Crippen LogP contribution in [0, 0.1) is 6.92 Å². The summed E-state index contributed by atoms with van der Waals surface area (Å²) in [7, 11) is 0. The van der Waals surface area contributed by atoms with E-state index in [4.69, 9.17) is 4.52 Å². The molecule has 0 radical (unpaired) electrons. The molecule has 21 heavy (non-hydrogen) atoms. The van der Waals surface area contributed by atoms with E-state index < -0.39 is 0 Å². The van der Waals surface area contributed by atoms with Crippen LogP contribution in [-0.4, -0.2) is 29.2 Å². The van der Waals surface area contributed by atoms with Crippen LogP contribution in [0.2, 0.25) is 0 Å². The number of hydrogen-bond acceptors (Lipinski definition) is 5. The molecule has 0 saturated carbocycles. The third-order valence-electron chi connectivity index (χ3n) is 2.89. The molecule has 7 heteroatoms. The van der Waals surface area contributed by atoms with Crippen molar-refractivity contribution in [1.82, 2.24) is 20.8 Å². The van der Waals surface area contributed by atoms with Gasteiger partial charge in [0, 0.05) is 23.9 Å². The fourth-order valence-corrected chi connectivity index (χ4v) is 2.60. The van der Waals surface area contributed by atoms with Crippen LogP contribution in [0.1, 0.15) is 36.4 Å². The van der Waals surface area contributed by atoms with Crippen molar-refractivity contribution < 1.29 is 4.52 Å². The lowest BCUT2D eigenvalue weighted by molar-refractivity contribution is 0.376. The molecule has 2 heterocycles. The van der Waals surface area contributed by atoms with Gasteiger partial charge in [-0.15, -0.1) is 11.3 Å². The largest absolute Gasteiger partial charge is 0.357 e. The van der Waals surface area contributed by atoms with Gasteiger partial charge in [0.05, 0.1) is 0 Å². The van der Waals surface area contributed by atoms with Gasteiger partial charge in [0.2, 0.25) is 5.89 Å². The molecule has 0 spiro atoms. The minimum absolute atomic E-state index is 0.379. The van der Waals surface area contributed by atoms with Gasteiger partial charge in [0.15, 0.2) is 11.8 Å². The topological polar surface area (TPSA) is 75.3 Å². The minimum Gasteiger partial charge on any atom is -0.357 e. The number of hydrogen-bond donors (Lipinski definition) is 2. The van der Waals surface area contributed by atoms with Gasteiger partial charge in [-0.25, -0.2) is 4.99 Å². The van der Waals surface area contributed by atoms with Crippen LogP contribution in [0.3, 0.4) is 0 Å². The average molecular weight is 307 g/mol. The van der Waals surface area contributed by atoms with E-state index in [1.807, 2.05) is 6.92 Å². The number of rotatable bonds is 6. The summed E-state index contributed by atoms with van der Waals surface area (Å²) < 4.78 is 5.06. The average Bonchev–Trinajstić information content (AvgIpc) is 3.13. The summed E-state index contributed by atoms with van der Waals surface area (Å²) in [5.41, 5.74) is 0.